The van der Waals surface area contributed by atoms with Gasteiger partial charge >= 0.3 is 0 Å². The number of anilines is 1. The molecule has 3 nitrogen and oxygen atoms in total. The first-order valence-electron chi connectivity index (χ1n) is 3.65. The fourth-order valence-electron chi connectivity index (χ4n) is 1.03. The van der Waals surface area contributed by atoms with Crippen molar-refractivity contribution in [1.82, 2.24) is 9.78 Å². The van der Waals surface area contributed by atoms with Gasteiger partial charge in [-0.15, -0.1) is 11.3 Å². The molecular weight excluding hydrogens is 170 g/mol. The van der Waals surface area contributed by atoms with E-state index in [-0.39, 0.29) is 0 Å². The number of thiophene rings is 1. The Hall–Kier alpha value is -1.29. The van der Waals surface area contributed by atoms with Gasteiger partial charge in [0.2, 0.25) is 0 Å². The van der Waals surface area contributed by atoms with Crippen molar-refractivity contribution in [2.24, 2.45) is 0 Å². The van der Waals surface area contributed by atoms with Crippen molar-refractivity contribution in [2.45, 2.75) is 6.54 Å². The van der Waals surface area contributed by atoms with E-state index in [9.17, 15) is 0 Å². The van der Waals surface area contributed by atoms with Crippen molar-refractivity contribution >= 4 is 17.0 Å². The van der Waals surface area contributed by atoms with Crippen LogP contribution >= 0.6 is 11.3 Å². The van der Waals surface area contributed by atoms with Crippen LogP contribution in [-0.4, -0.2) is 9.78 Å². The number of nitrogen functional groups attached to an aromatic ring is 1. The molecule has 0 radical (unpaired) electrons. The quantitative estimate of drug-likeness (QED) is 0.760. The number of nitrogens with zero attached hydrogens (tertiary/aromatic N) is 2. The zero-order valence-corrected chi connectivity index (χ0v) is 7.29. The highest BCUT2D eigenvalue weighted by molar-refractivity contribution is 7.09. The van der Waals surface area contributed by atoms with Crippen LogP contribution in [0.3, 0.4) is 0 Å². The van der Waals surface area contributed by atoms with E-state index in [2.05, 4.69) is 16.5 Å². The lowest BCUT2D eigenvalue weighted by molar-refractivity contribution is 0.695. The van der Waals surface area contributed by atoms with Gasteiger partial charge in [-0.05, 0) is 11.4 Å². The molecule has 0 amide bonds. The summed E-state index contributed by atoms with van der Waals surface area (Å²) in [5.74, 6) is 0. The molecule has 0 atom stereocenters. The van der Waals surface area contributed by atoms with Gasteiger partial charge in [0.1, 0.15) is 0 Å². The first-order valence-corrected chi connectivity index (χ1v) is 4.53. The minimum absolute atomic E-state index is 0.714. The average molecular weight is 179 g/mol. The van der Waals surface area contributed by atoms with Crippen LogP contribution < -0.4 is 5.73 Å². The molecule has 0 saturated heterocycles. The molecule has 2 rings (SSSR count). The second kappa shape index (κ2) is 2.98. The second-order valence-electron chi connectivity index (χ2n) is 2.55. The summed E-state index contributed by atoms with van der Waals surface area (Å²) in [6.07, 6.45) is 3.49. The molecule has 0 fully saturated rings. The van der Waals surface area contributed by atoms with Crippen LogP contribution in [0.5, 0.6) is 0 Å². The Balaban J connectivity index is 2.14. The highest BCUT2D eigenvalue weighted by Crippen LogP contribution is 2.10. The molecule has 0 bridgehead atoms. The van der Waals surface area contributed by atoms with Gasteiger partial charge in [-0.25, -0.2) is 0 Å². The highest BCUT2D eigenvalue weighted by atomic mass is 32.1. The van der Waals surface area contributed by atoms with E-state index in [1.807, 2.05) is 16.9 Å². The van der Waals surface area contributed by atoms with Crippen molar-refractivity contribution in [1.29, 1.82) is 0 Å². The zero-order chi connectivity index (χ0) is 8.39. The Morgan fingerprint density at radius 2 is 2.50 bits per heavy atom. The molecule has 2 heterocycles. The maximum absolute atomic E-state index is 5.53. The van der Waals surface area contributed by atoms with Crippen LogP contribution in [0.4, 0.5) is 5.69 Å². The fourth-order valence-corrected chi connectivity index (χ4v) is 1.72. The number of hydrogen-bond acceptors (Lipinski definition) is 3. The molecule has 0 aliphatic rings. The van der Waals surface area contributed by atoms with E-state index in [0.717, 1.165) is 6.54 Å². The van der Waals surface area contributed by atoms with Crippen LogP contribution in [0, 0.1) is 0 Å². The summed E-state index contributed by atoms with van der Waals surface area (Å²) < 4.78 is 1.83. The molecule has 2 aromatic heterocycles. The maximum atomic E-state index is 5.53. The van der Waals surface area contributed by atoms with Gasteiger partial charge in [-0.1, -0.05) is 6.07 Å². The van der Waals surface area contributed by atoms with Crippen molar-refractivity contribution in [3.63, 3.8) is 0 Å². The lowest BCUT2D eigenvalue weighted by atomic mass is 10.5. The summed E-state index contributed by atoms with van der Waals surface area (Å²) >= 11 is 1.73. The van der Waals surface area contributed by atoms with E-state index in [1.54, 1.807) is 17.5 Å². The summed E-state index contributed by atoms with van der Waals surface area (Å²) in [7, 11) is 0. The monoisotopic (exact) mass is 179 g/mol. The Kier molecular flexibility index (Phi) is 1.83. The van der Waals surface area contributed by atoms with Crippen LogP contribution in [-0.2, 0) is 6.54 Å². The van der Waals surface area contributed by atoms with Gasteiger partial charge in [0, 0.05) is 11.1 Å². The molecular formula is C8H9N3S. The van der Waals surface area contributed by atoms with E-state index >= 15 is 0 Å². The van der Waals surface area contributed by atoms with E-state index in [0.29, 0.717) is 5.69 Å². The lowest BCUT2D eigenvalue weighted by Crippen LogP contribution is -1.97. The average Bonchev–Trinajstić information content (AvgIpc) is 2.63. The third kappa shape index (κ3) is 1.48. The Morgan fingerprint density at radius 1 is 1.58 bits per heavy atom. The Labute approximate surface area is 74.4 Å². The molecule has 0 spiro atoms. The van der Waals surface area contributed by atoms with Gasteiger partial charge in [0.05, 0.1) is 18.4 Å². The molecule has 0 aromatic carbocycles. The molecule has 0 unspecified atom stereocenters. The third-order valence-corrected chi connectivity index (χ3v) is 2.41. The number of aromatic nitrogens is 2. The van der Waals surface area contributed by atoms with Gasteiger partial charge < -0.3 is 5.73 Å². The van der Waals surface area contributed by atoms with Crippen LogP contribution in [0.1, 0.15) is 4.88 Å². The molecule has 2 N–H and O–H groups in total. The fraction of sp³-hybridized carbons (Fsp3) is 0.125. The van der Waals surface area contributed by atoms with E-state index in [1.165, 1.54) is 4.88 Å². The van der Waals surface area contributed by atoms with Gasteiger partial charge in [0.25, 0.3) is 0 Å². The summed E-state index contributed by atoms with van der Waals surface area (Å²) in [4.78, 5) is 1.29. The SMILES string of the molecule is Nc1cnn(Cc2cccs2)c1. The van der Waals surface area contributed by atoms with Crippen molar-refractivity contribution < 1.29 is 0 Å². The number of rotatable bonds is 2. The van der Waals surface area contributed by atoms with Gasteiger partial charge in [-0.2, -0.15) is 5.10 Å². The topological polar surface area (TPSA) is 43.8 Å². The zero-order valence-electron chi connectivity index (χ0n) is 6.47. The van der Waals surface area contributed by atoms with Crippen LogP contribution in [0.15, 0.2) is 29.9 Å². The molecule has 0 aliphatic carbocycles. The van der Waals surface area contributed by atoms with Crippen molar-refractivity contribution in [3.05, 3.63) is 34.8 Å². The second-order valence-corrected chi connectivity index (χ2v) is 3.58. The maximum Gasteiger partial charge on any atom is 0.0753 e. The van der Waals surface area contributed by atoms with Crippen LogP contribution in [0.2, 0.25) is 0 Å². The highest BCUT2D eigenvalue weighted by Gasteiger charge is 1.96. The summed E-state index contributed by atoms with van der Waals surface area (Å²) in [6.45, 7) is 0.814. The minimum atomic E-state index is 0.714. The normalized spacial score (nSPS) is 10.3. The van der Waals surface area contributed by atoms with Gasteiger partial charge in [0.15, 0.2) is 0 Å². The largest absolute Gasteiger partial charge is 0.396 e. The van der Waals surface area contributed by atoms with E-state index < -0.39 is 0 Å². The predicted octanol–water partition coefficient (Wildman–Crippen LogP) is 1.58. The van der Waals surface area contributed by atoms with Crippen molar-refractivity contribution in [3.8, 4) is 0 Å². The molecule has 0 saturated carbocycles. The Bertz CT molecular complexity index is 350. The molecule has 62 valence electrons. The molecule has 2 aromatic rings. The van der Waals surface area contributed by atoms with Crippen molar-refractivity contribution in [2.75, 3.05) is 5.73 Å². The van der Waals surface area contributed by atoms with Gasteiger partial charge in [-0.3, -0.25) is 4.68 Å². The summed E-state index contributed by atoms with van der Waals surface area (Å²) in [5.41, 5.74) is 6.24. The summed E-state index contributed by atoms with van der Waals surface area (Å²) in [5, 5.41) is 6.15. The molecule has 12 heavy (non-hydrogen) atoms. The van der Waals surface area contributed by atoms with Crippen LogP contribution in [0.25, 0.3) is 0 Å². The molecule has 4 heteroatoms. The number of hydrogen-bond donors (Lipinski definition) is 1. The first kappa shape index (κ1) is 7.36. The minimum Gasteiger partial charge on any atom is -0.396 e. The molecule has 0 aliphatic heterocycles. The summed E-state index contributed by atoms with van der Waals surface area (Å²) in [6, 6.07) is 4.12. The first-order chi connectivity index (χ1) is 5.84. The third-order valence-electron chi connectivity index (χ3n) is 1.55. The smallest absolute Gasteiger partial charge is 0.0753 e. The lowest BCUT2D eigenvalue weighted by Gasteiger charge is -1.95. The predicted molar refractivity (Wildman–Crippen MR) is 50.1 cm³/mol. The van der Waals surface area contributed by atoms with E-state index in [4.69, 9.17) is 5.73 Å². The Morgan fingerprint density at radius 3 is 3.08 bits per heavy atom. The standard InChI is InChI=1S/C8H9N3S/c9-7-4-10-11(5-7)6-8-2-1-3-12-8/h1-5H,6,9H2. The number of nitrogens with two attached hydrogens (primary N) is 1.